The number of phosphoric acid groups is 1. The van der Waals surface area contributed by atoms with Crippen LogP contribution in [0.25, 0.3) is 0 Å². The fraction of sp³-hybridized carbons (Fsp3) is 0.800. The van der Waals surface area contributed by atoms with E-state index < -0.39 is 20.0 Å². The van der Waals surface area contributed by atoms with Crippen molar-refractivity contribution in [3.05, 3.63) is 60.8 Å². The Kier molecular flexibility index (Phi) is 45.0. The summed E-state index contributed by atoms with van der Waals surface area (Å²) < 4.78 is 23.1. The Hall–Kier alpha value is -1.80. The fourth-order valence-corrected chi connectivity index (χ4v) is 8.32. The Labute approximate surface area is 396 Å². The molecule has 0 heterocycles. The average Bonchev–Trinajstić information content (AvgIpc) is 3.25. The smallest absolute Gasteiger partial charge is 0.268 e. The van der Waals surface area contributed by atoms with Gasteiger partial charge in [-0.05, 0) is 57.8 Å². The molecule has 0 aromatic carbocycles. The van der Waals surface area contributed by atoms with Crippen molar-refractivity contribution >= 4 is 13.7 Å². The first-order chi connectivity index (χ1) is 31.0. The van der Waals surface area contributed by atoms with Gasteiger partial charge in [-0.15, -0.1) is 0 Å². The number of aliphatic hydroxyl groups is 1. The summed E-state index contributed by atoms with van der Waals surface area (Å²) in [6.07, 6.45) is 61.8. The molecule has 3 unspecified atom stereocenters. The second-order valence-corrected chi connectivity index (χ2v) is 20.6. The highest BCUT2D eigenvalue weighted by atomic mass is 31.2. The van der Waals surface area contributed by atoms with Gasteiger partial charge in [-0.25, -0.2) is 0 Å². The predicted octanol–water partition coefficient (Wildman–Crippen LogP) is 15.1. The molecule has 0 saturated heterocycles. The van der Waals surface area contributed by atoms with Crippen molar-refractivity contribution in [2.24, 2.45) is 0 Å². The number of carbonyl (C=O) groups is 1. The Balaban J connectivity index is 3.74. The quantitative estimate of drug-likeness (QED) is 0.0272. The maximum atomic E-state index is 12.8. The second kappa shape index (κ2) is 46.3. The van der Waals surface area contributed by atoms with E-state index in [-0.39, 0.29) is 19.1 Å². The number of carbonyl (C=O) groups excluding carboxylic acids is 1. The molecular formula is C55H103N2O6P. The molecule has 0 fully saturated rings. The number of likely N-dealkylation sites (N-methyl/N-ethyl adjacent to an activating group) is 1. The highest BCUT2D eigenvalue weighted by Gasteiger charge is 2.24. The molecule has 64 heavy (non-hydrogen) atoms. The first-order valence-corrected chi connectivity index (χ1v) is 28.1. The van der Waals surface area contributed by atoms with Crippen LogP contribution in [0.1, 0.15) is 232 Å². The van der Waals surface area contributed by atoms with Gasteiger partial charge in [-0.3, -0.25) is 9.36 Å². The van der Waals surface area contributed by atoms with Crippen molar-refractivity contribution < 1.29 is 32.9 Å². The molecule has 3 atom stereocenters. The lowest BCUT2D eigenvalue weighted by molar-refractivity contribution is -0.870. The summed E-state index contributed by atoms with van der Waals surface area (Å²) in [5, 5.41) is 13.7. The van der Waals surface area contributed by atoms with Gasteiger partial charge in [0, 0.05) is 6.42 Å². The number of allylic oxidation sites excluding steroid dienone is 10. The van der Waals surface area contributed by atoms with E-state index in [1.807, 2.05) is 21.1 Å². The highest BCUT2D eigenvalue weighted by Crippen LogP contribution is 2.38. The van der Waals surface area contributed by atoms with E-state index in [2.05, 4.69) is 79.9 Å². The molecule has 374 valence electrons. The molecule has 8 nitrogen and oxygen atoms in total. The van der Waals surface area contributed by atoms with Crippen LogP contribution in [0.15, 0.2) is 60.8 Å². The lowest BCUT2D eigenvalue weighted by atomic mass is 10.0. The van der Waals surface area contributed by atoms with Gasteiger partial charge in [0.05, 0.1) is 39.9 Å². The van der Waals surface area contributed by atoms with E-state index in [1.165, 1.54) is 122 Å². The third kappa shape index (κ3) is 48.1. The Morgan fingerprint density at radius 1 is 0.562 bits per heavy atom. The topological polar surface area (TPSA) is 108 Å². The van der Waals surface area contributed by atoms with Crippen molar-refractivity contribution in [3.8, 4) is 0 Å². The van der Waals surface area contributed by atoms with Crippen LogP contribution in [0.4, 0.5) is 0 Å². The summed E-state index contributed by atoms with van der Waals surface area (Å²) >= 11 is 0. The van der Waals surface area contributed by atoms with Gasteiger partial charge >= 0.3 is 0 Å². The molecule has 1 amide bonds. The fourth-order valence-electron chi connectivity index (χ4n) is 7.60. The Bertz CT molecular complexity index is 1230. The number of unbranched alkanes of at least 4 members (excludes halogenated alkanes) is 25. The molecule has 0 radical (unpaired) electrons. The minimum absolute atomic E-state index is 0.0114. The first kappa shape index (κ1) is 62.2. The number of rotatable bonds is 48. The summed E-state index contributed by atoms with van der Waals surface area (Å²) in [7, 11) is 1.30. The van der Waals surface area contributed by atoms with E-state index in [0.717, 1.165) is 83.5 Å². The molecule has 0 aliphatic rings. The Morgan fingerprint density at radius 3 is 1.39 bits per heavy atom. The van der Waals surface area contributed by atoms with Gasteiger partial charge in [0.25, 0.3) is 7.82 Å². The molecule has 0 spiro atoms. The monoisotopic (exact) mass is 919 g/mol. The van der Waals surface area contributed by atoms with Crippen LogP contribution in [0.2, 0.25) is 0 Å². The molecule has 0 aliphatic heterocycles. The van der Waals surface area contributed by atoms with Gasteiger partial charge in [0.15, 0.2) is 0 Å². The van der Waals surface area contributed by atoms with Gasteiger partial charge in [-0.1, -0.05) is 229 Å². The number of phosphoric ester groups is 1. The van der Waals surface area contributed by atoms with Crippen molar-refractivity contribution in [3.63, 3.8) is 0 Å². The van der Waals surface area contributed by atoms with Crippen LogP contribution in [-0.2, 0) is 18.4 Å². The minimum atomic E-state index is -4.55. The molecule has 0 bridgehead atoms. The van der Waals surface area contributed by atoms with Gasteiger partial charge in [0.1, 0.15) is 13.2 Å². The van der Waals surface area contributed by atoms with Gasteiger partial charge < -0.3 is 28.8 Å². The molecular weight excluding hydrogens is 816 g/mol. The standard InChI is InChI=1S/C55H103N2O6P/c1-6-8-10-12-13-14-15-16-17-18-19-20-21-22-23-24-25-26-27-28-29-30-31-32-33-34-35-36-37-38-39-40-41-42-43-45-47-49-55(59)56-53(54(58)48-46-44-11-9-7-2)52-63-64(60,61)62-51-50-57(3,4)5/h8,10,13-14,16-17,19-20,22-23,53-54,58H,6-7,9,11-12,15,18,21,24-52H2,1-5H3,(H-,56,59,60,61)/b10-8-,14-13-,17-16-,20-19-,23-22-. The number of hydrogen-bond donors (Lipinski definition) is 2. The molecule has 2 N–H and O–H groups in total. The van der Waals surface area contributed by atoms with Crippen molar-refractivity contribution in [1.29, 1.82) is 0 Å². The van der Waals surface area contributed by atoms with Crippen LogP contribution < -0.4 is 10.2 Å². The summed E-state index contributed by atoms with van der Waals surface area (Å²) in [5.41, 5.74) is 0. The SMILES string of the molecule is CC/C=C\C/C=C\C/C=C\C/C=C\C/C=C\CCCCCCCCCCCCCCCCCCCCCCCC(=O)NC(COP(=O)([O-])OCC[N+](C)(C)C)C(O)CCCCCCC. The van der Waals surface area contributed by atoms with Crippen LogP contribution in [-0.4, -0.2) is 68.5 Å². The molecule has 0 aliphatic carbocycles. The van der Waals surface area contributed by atoms with Crippen molar-refractivity contribution in [1.82, 2.24) is 5.32 Å². The van der Waals surface area contributed by atoms with Gasteiger partial charge in [0.2, 0.25) is 5.91 Å². The molecule has 0 saturated carbocycles. The number of nitrogens with zero attached hydrogens (tertiary/aromatic N) is 1. The third-order valence-corrected chi connectivity index (χ3v) is 12.7. The van der Waals surface area contributed by atoms with Crippen LogP contribution in [0.5, 0.6) is 0 Å². The zero-order chi connectivity index (χ0) is 47.1. The van der Waals surface area contributed by atoms with Crippen molar-refractivity contribution in [2.75, 3.05) is 40.9 Å². The minimum Gasteiger partial charge on any atom is -0.756 e. The largest absolute Gasteiger partial charge is 0.756 e. The zero-order valence-electron chi connectivity index (χ0n) is 42.5. The lowest BCUT2D eigenvalue weighted by Crippen LogP contribution is -2.46. The number of aliphatic hydroxyl groups excluding tert-OH is 1. The van der Waals surface area contributed by atoms with Crippen LogP contribution in [0.3, 0.4) is 0 Å². The predicted molar refractivity (Wildman–Crippen MR) is 274 cm³/mol. The summed E-state index contributed by atoms with van der Waals surface area (Å²) in [6.45, 7) is 4.51. The molecule has 9 heteroatoms. The summed E-state index contributed by atoms with van der Waals surface area (Å²) in [5.74, 6) is -0.170. The maximum Gasteiger partial charge on any atom is 0.268 e. The number of quaternary nitrogens is 1. The second-order valence-electron chi connectivity index (χ2n) is 19.2. The third-order valence-electron chi connectivity index (χ3n) is 11.8. The molecule has 0 rings (SSSR count). The maximum absolute atomic E-state index is 12.8. The van der Waals surface area contributed by atoms with E-state index >= 15 is 0 Å². The van der Waals surface area contributed by atoms with Gasteiger partial charge in [-0.2, -0.15) is 0 Å². The number of nitrogens with one attached hydrogen (secondary N) is 1. The van der Waals surface area contributed by atoms with E-state index in [4.69, 9.17) is 9.05 Å². The highest BCUT2D eigenvalue weighted by molar-refractivity contribution is 7.45. The van der Waals surface area contributed by atoms with Crippen LogP contribution in [0, 0.1) is 0 Å². The van der Waals surface area contributed by atoms with Crippen LogP contribution >= 0.6 is 7.82 Å². The molecule has 0 aromatic rings. The van der Waals surface area contributed by atoms with E-state index in [9.17, 15) is 19.4 Å². The average molecular weight is 919 g/mol. The number of hydrogen-bond acceptors (Lipinski definition) is 6. The normalized spacial score (nSPS) is 14.5. The van der Waals surface area contributed by atoms with Crippen molar-refractivity contribution in [2.45, 2.75) is 244 Å². The Morgan fingerprint density at radius 2 is 0.953 bits per heavy atom. The zero-order valence-corrected chi connectivity index (χ0v) is 43.4. The lowest BCUT2D eigenvalue weighted by Gasteiger charge is -2.30. The summed E-state index contributed by atoms with van der Waals surface area (Å²) in [6, 6.07) is -0.796. The first-order valence-electron chi connectivity index (χ1n) is 26.6. The number of amides is 1. The summed E-state index contributed by atoms with van der Waals surface area (Å²) in [4.78, 5) is 25.2. The van der Waals surface area contributed by atoms with E-state index in [1.54, 1.807) is 0 Å². The van der Waals surface area contributed by atoms with E-state index in [0.29, 0.717) is 23.9 Å². The molecule has 0 aromatic heterocycles.